The van der Waals surface area contributed by atoms with E-state index in [-0.39, 0.29) is 11.3 Å². The number of halogens is 4. The summed E-state index contributed by atoms with van der Waals surface area (Å²) in [4.78, 5) is 12.2. The molecular weight excluding hydrogens is 459 g/mol. The maximum atomic E-state index is 13.3. The highest BCUT2D eigenvalue weighted by Crippen LogP contribution is 2.32. The quantitative estimate of drug-likeness (QED) is 0.615. The molecule has 0 saturated heterocycles. The Labute approximate surface area is 140 Å². The highest BCUT2D eigenvalue weighted by atomic mass is 79.9. The third-order valence-corrected chi connectivity index (χ3v) is 4.51. The van der Waals surface area contributed by atoms with Gasteiger partial charge in [-0.15, -0.1) is 0 Å². The number of hydrogen-bond acceptors (Lipinski definition) is 2. The summed E-state index contributed by atoms with van der Waals surface area (Å²) >= 11 is 9.86. The number of benzene rings is 2. The molecule has 0 aromatic heterocycles. The number of carbonyl (C=O) groups excluding carboxylic acids is 1. The van der Waals surface area contributed by atoms with Crippen molar-refractivity contribution in [2.45, 2.75) is 0 Å². The minimum Gasteiger partial charge on any atom is -0.396 e. The van der Waals surface area contributed by atoms with Gasteiger partial charge in [0.15, 0.2) is 0 Å². The molecule has 0 aliphatic carbocycles. The van der Waals surface area contributed by atoms with Crippen LogP contribution < -0.4 is 11.1 Å². The number of nitrogen functional groups attached to an aromatic ring is 1. The summed E-state index contributed by atoms with van der Waals surface area (Å²) < 4.78 is 15.1. The van der Waals surface area contributed by atoms with Crippen LogP contribution >= 0.6 is 47.8 Å². The Balaban J connectivity index is 2.36. The van der Waals surface area contributed by atoms with Crippen LogP contribution in [0.3, 0.4) is 0 Å². The van der Waals surface area contributed by atoms with Crippen LogP contribution in [0.25, 0.3) is 0 Å². The third-order valence-electron chi connectivity index (χ3n) is 2.53. The average molecular weight is 467 g/mol. The van der Waals surface area contributed by atoms with E-state index in [1.807, 2.05) is 6.07 Å². The van der Waals surface area contributed by atoms with Crippen LogP contribution in [-0.2, 0) is 0 Å². The molecule has 0 spiro atoms. The molecular formula is C13H8Br3FN2O. The van der Waals surface area contributed by atoms with Crippen molar-refractivity contribution in [2.24, 2.45) is 0 Å². The van der Waals surface area contributed by atoms with Gasteiger partial charge in [-0.05, 0) is 72.1 Å². The zero-order valence-electron chi connectivity index (χ0n) is 9.88. The number of carbonyl (C=O) groups is 1. The molecule has 2 aromatic rings. The molecule has 104 valence electrons. The smallest absolute Gasteiger partial charge is 0.256 e. The number of nitrogens with one attached hydrogen (secondary N) is 1. The Kier molecular flexibility index (Phi) is 4.82. The first-order valence-corrected chi connectivity index (χ1v) is 7.78. The Morgan fingerprint density at radius 3 is 2.30 bits per heavy atom. The van der Waals surface area contributed by atoms with Gasteiger partial charge in [-0.25, -0.2) is 4.39 Å². The summed E-state index contributed by atoms with van der Waals surface area (Å²) in [6.07, 6.45) is 0. The molecule has 0 bridgehead atoms. The Bertz CT molecular complexity index is 671. The fraction of sp³-hybridized carbons (Fsp3) is 0. The van der Waals surface area contributed by atoms with E-state index in [0.29, 0.717) is 10.2 Å². The standard InChI is InChI=1S/C13H8Br3FN2O/c14-7-2-1-3-8(15)12(7)19-13(20)6-4-11(18)10(17)5-9(6)16/h1-5H,18H2,(H,19,20). The molecule has 3 N–H and O–H groups in total. The molecule has 20 heavy (non-hydrogen) atoms. The van der Waals surface area contributed by atoms with Gasteiger partial charge in [0.1, 0.15) is 5.82 Å². The van der Waals surface area contributed by atoms with E-state index in [1.165, 1.54) is 12.1 Å². The Hall–Kier alpha value is -0.920. The van der Waals surface area contributed by atoms with Crippen molar-refractivity contribution in [3.8, 4) is 0 Å². The van der Waals surface area contributed by atoms with Crippen LogP contribution in [0.5, 0.6) is 0 Å². The van der Waals surface area contributed by atoms with E-state index in [4.69, 9.17) is 5.73 Å². The third kappa shape index (κ3) is 3.21. The lowest BCUT2D eigenvalue weighted by Gasteiger charge is -2.11. The summed E-state index contributed by atoms with van der Waals surface area (Å²) in [5.74, 6) is -0.966. The SMILES string of the molecule is Nc1cc(C(=O)Nc2c(Br)cccc2Br)c(Br)cc1F. The van der Waals surface area contributed by atoms with Gasteiger partial charge >= 0.3 is 0 Å². The van der Waals surface area contributed by atoms with Crippen LogP contribution in [0.15, 0.2) is 43.7 Å². The van der Waals surface area contributed by atoms with Crippen molar-refractivity contribution in [1.29, 1.82) is 0 Å². The van der Waals surface area contributed by atoms with Crippen LogP contribution in [-0.4, -0.2) is 5.91 Å². The molecule has 0 saturated carbocycles. The molecule has 1 amide bonds. The minimum atomic E-state index is -0.574. The van der Waals surface area contributed by atoms with E-state index >= 15 is 0 Å². The van der Waals surface area contributed by atoms with Gasteiger partial charge in [0, 0.05) is 13.4 Å². The highest BCUT2D eigenvalue weighted by Gasteiger charge is 2.15. The number of amides is 1. The average Bonchev–Trinajstić information content (AvgIpc) is 2.38. The number of nitrogens with two attached hydrogens (primary N) is 1. The van der Waals surface area contributed by atoms with E-state index < -0.39 is 11.7 Å². The van der Waals surface area contributed by atoms with Crippen LogP contribution in [0, 0.1) is 5.82 Å². The Morgan fingerprint density at radius 2 is 1.70 bits per heavy atom. The fourth-order valence-corrected chi connectivity index (χ4v) is 3.23. The zero-order valence-corrected chi connectivity index (χ0v) is 14.6. The van der Waals surface area contributed by atoms with Gasteiger partial charge in [-0.1, -0.05) is 6.07 Å². The lowest BCUT2D eigenvalue weighted by atomic mass is 10.1. The largest absolute Gasteiger partial charge is 0.396 e. The van der Waals surface area contributed by atoms with Gasteiger partial charge in [-0.2, -0.15) is 0 Å². The monoisotopic (exact) mass is 464 g/mol. The van der Waals surface area contributed by atoms with Gasteiger partial charge in [0.2, 0.25) is 0 Å². The van der Waals surface area contributed by atoms with E-state index in [1.54, 1.807) is 12.1 Å². The predicted octanol–water partition coefficient (Wildman–Crippen LogP) is 4.95. The maximum Gasteiger partial charge on any atom is 0.256 e. The van der Waals surface area contributed by atoms with Crippen LogP contribution in [0.1, 0.15) is 10.4 Å². The second kappa shape index (κ2) is 6.24. The predicted molar refractivity (Wildman–Crippen MR) is 88.3 cm³/mol. The van der Waals surface area contributed by atoms with Crippen molar-refractivity contribution >= 4 is 65.1 Å². The van der Waals surface area contributed by atoms with Gasteiger partial charge in [-0.3, -0.25) is 4.79 Å². The molecule has 0 fully saturated rings. The van der Waals surface area contributed by atoms with Crippen molar-refractivity contribution in [3.05, 3.63) is 55.1 Å². The van der Waals surface area contributed by atoms with Crippen LogP contribution in [0.4, 0.5) is 15.8 Å². The first kappa shape index (κ1) is 15.5. The normalized spacial score (nSPS) is 10.4. The lowest BCUT2D eigenvalue weighted by Crippen LogP contribution is -2.14. The van der Waals surface area contributed by atoms with E-state index in [2.05, 4.69) is 53.1 Å². The number of para-hydroxylation sites is 1. The van der Waals surface area contributed by atoms with E-state index in [0.717, 1.165) is 8.95 Å². The van der Waals surface area contributed by atoms with Crippen molar-refractivity contribution in [1.82, 2.24) is 0 Å². The molecule has 2 rings (SSSR count). The first-order valence-electron chi connectivity index (χ1n) is 5.40. The molecule has 3 nitrogen and oxygen atoms in total. The molecule has 0 radical (unpaired) electrons. The zero-order chi connectivity index (χ0) is 14.9. The molecule has 0 atom stereocenters. The van der Waals surface area contributed by atoms with E-state index in [9.17, 15) is 9.18 Å². The topological polar surface area (TPSA) is 55.1 Å². The Morgan fingerprint density at radius 1 is 1.10 bits per heavy atom. The van der Waals surface area contributed by atoms with Crippen molar-refractivity contribution in [3.63, 3.8) is 0 Å². The molecule has 0 unspecified atom stereocenters. The lowest BCUT2D eigenvalue weighted by molar-refractivity contribution is 0.102. The number of anilines is 2. The van der Waals surface area contributed by atoms with Crippen molar-refractivity contribution in [2.75, 3.05) is 11.1 Å². The van der Waals surface area contributed by atoms with Gasteiger partial charge in [0.25, 0.3) is 5.91 Å². The molecule has 0 aliphatic rings. The second-order valence-electron chi connectivity index (χ2n) is 3.90. The number of rotatable bonds is 2. The molecule has 2 aromatic carbocycles. The summed E-state index contributed by atoms with van der Waals surface area (Å²) in [6.45, 7) is 0. The fourth-order valence-electron chi connectivity index (χ4n) is 1.54. The van der Waals surface area contributed by atoms with Crippen LogP contribution in [0.2, 0.25) is 0 Å². The van der Waals surface area contributed by atoms with Gasteiger partial charge in [0.05, 0.1) is 16.9 Å². The number of hydrogen-bond donors (Lipinski definition) is 2. The molecule has 0 heterocycles. The summed E-state index contributed by atoms with van der Waals surface area (Å²) in [5, 5.41) is 2.74. The first-order chi connectivity index (χ1) is 9.40. The summed E-state index contributed by atoms with van der Waals surface area (Å²) in [7, 11) is 0. The summed E-state index contributed by atoms with van der Waals surface area (Å²) in [5.41, 5.74) is 6.25. The molecule has 0 aliphatic heterocycles. The highest BCUT2D eigenvalue weighted by molar-refractivity contribution is 9.11. The molecule has 7 heteroatoms. The minimum absolute atomic E-state index is 0.0791. The second-order valence-corrected chi connectivity index (χ2v) is 6.47. The maximum absolute atomic E-state index is 13.3. The summed E-state index contributed by atoms with van der Waals surface area (Å²) in [6, 6.07) is 7.89. The van der Waals surface area contributed by atoms with Gasteiger partial charge < -0.3 is 11.1 Å². The van der Waals surface area contributed by atoms with Crippen molar-refractivity contribution < 1.29 is 9.18 Å².